The molecule has 1 fully saturated rings. The second kappa shape index (κ2) is 14.0. The van der Waals surface area contributed by atoms with Gasteiger partial charge in [0.15, 0.2) is 6.61 Å². The van der Waals surface area contributed by atoms with Gasteiger partial charge in [-0.05, 0) is 65.6 Å². The van der Waals surface area contributed by atoms with Crippen LogP contribution in [0.3, 0.4) is 0 Å². The molecular formula is C32H33NO5. The molecule has 196 valence electrons. The summed E-state index contributed by atoms with van der Waals surface area (Å²) in [5.41, 5.74) is 5.18. The Labute approximate surface area is 224 Å². The zero-order valence-electron chi connectivity index (χ0n) is 21.9. The van der Waals surface area contributed by atoms with Gasteiger partial charge in [0.05, 0.1) is 26.9 Å². The van der Waals surface area contributed by atoms with Gasteiger partial charge in [0.1, 0.15) is 18.1 Å². The van der Waals surface area contributed by atoms with E-state index < -0.39 is 5.97 Å². The third-order valence-electron chi connectivity index (χ3n) is 6.18. The minimum absolute atomic E-state index is 0.126. The molecule has 6 nitrogen and oxygen atoms in total. The van der Waals surface area contributed by atoms with Crippen molar-refractivity contribution >= 4 is 11.5 Å². The van der Waals surface area contributed by atoms with E-state index in [1.807, 2.05) is 37.3 Å². The lowest BCUT2D eigenvalue weighted by atomic mass is 9.97. The summed E-state index contributed by atoms with van der Waals surface area (Å²) in [6.07, 6.45) is 2.09. The largest absolute Gasteiger partial charge is 0.489 e. The number of benzene rings is 3. The van der Waals surface area contributed by atoms with Crippen molar-refractivity contribution in [3.05, 3.63) is 101 Å². The number of hydrogen-bond acceptors (Lipinski definition) is 6. The van der Waals surface area contributed by atoms with Gasteiger partial charge in [-0.3, -0.25) is 4.90 Å². The highest BCUT2D eigenvalue weighted by Gasteiger charge is 2.09. The predicted molar refractivity (Wildman–Crippen MR) is 148 cm³/mol. The number of carbonyl (C=O) groups is 1. The Kier molecular flexibility index (Phi) is 9.97. The molecule has 1 heterocycles. The molecule has 0 atom stereocenters. The molecule has 0 spiro atoms. The SMILES string of the molecule is COC(=O)COc1ccc(OC/C=C(/c2ccccc2)c2ccc(C#CCN3CCOCC3)cc2)cc1C. The normalized spacial score (nSPS) is 13.8. The highest BCUT2D eigenvalue weighted by Crippen LogP contribution is 2.26. The monoisotopic (exact) mass is 511 g/mol. The van der Waals surface area contributed by atoms with E-state index in [1.165, 1.54) is 7.11 Å². The van der Waals surface area contributed by atoms with Crippen LogP contribution in [0.15, 0.2) is 78.9 Å². The van der Waals surface area contributed by atoms with Gasteiger partial charge in [-0.15, -0.1) is 0 Å². The zero-order valence-corrected chi connectivity index (χ0v) is 21.9. The minimum atomic E-state index is -0.420. The molecule has 0 aromatic heterocycles. The van der Waals surface area contributed by atoms with E-state index in [9.17, 15) is 4.79 Å². The van der Waals surface area contributed by atoms with Gasteiger partial charge >= 0.3 is 5.97 Å². The van der Waals surface area contributed by atoms with Gasteiger partial charge in [-0.2, -0.15) is 0 Å². The second-order valence-corrected chi connectivity index (χ2v) is 8.85. The van der Waals surface area contributed by atoms with Crippen molar-refractivity contribution in [3.8, 4) is 23.3 Å². The van der Waals surface area contributed by atoms with Crippen LogP contribution in [-0.4, -0.2) is 64.0 Å². The number of aryl methyl sites for hydroxylation is 1. The van der Waals surface area contributed by atoms with Gasteiger partial charge in [0.25, 0.3) is 0 Å². The van der Waals surface area contributed by atoms with Gasteiger partial charge in [0.2, 0.25) is 0 Å². The van der Waals surface area contributed by atoms with Gasteiger partial charge < -0.3 is 18.9 Å². The first-order valence-electron chi connectivity index (χ1n) is 12.7. The maximum absolute atomic E-state index is 11.3. The van der Waals surface area contributed by atoms with Crippen LogP contribution in [0.4, 0.5) is 0 Å². The van der Waals surface area contributed by atoms with Gasteiger partial charge in [-0.25, -0.2) is 4.79 Å². The Bertz CT molecular complexity index is 1280. The van der Waals surface area contributed by atoms with E-state index in [2.05, 4.69) is 64.0 Å². The Balaban J connectivity index is 1.43. The Morgan fingerprint density at radius 2 is 1.71 bits per heavy atom. The summed E-state index contributed by atoms with van der Waals surface area (Å²) in [4.78, 5) is 13.6. The van der Waals surface area contributed by atoms with E-state index in [0.29, 0.717) is 12.4 Å². The van der Waals surface area contributed by atoms with Crippen LogP contribution in [0.1, 0.15) is 22.3 Å². The maximum Gasteiger partial charge on any atom is 0.343 e. The van der Waals surface area contributed by atoms with Crippen LogP contribution in [-0.2, 0) is 14.3 Å². The quantitative estimate of drug-likeness (QED) is 0.306. The van der Waals surface area contributed by atoms with Crippen LogP contribution in [0, 0.1) is 18.8 Å². The third kappa shape index (κ3) is 7.97. The first-order valence-corrected chi connectivity index (χ1v) is 12.7. The number of methoxy groups -OCH3 is 1. The van der Waals surface area contributed by atoms with Crippen molar-refractivity contribution in [2.45, 2.75) is 6.92 Å². The standard InChI is InChI=1S/C32H33NO5/c1-25-23-29(14-15-31(25)38-24-32(34)35-2)37-20-16-30(27-8-4-3-5-9-27)28-12-10-26(11-13-28)7-6-17-33-18-21-36-22-19-33/h3-5,8-16,23H,17-22,24H2,1-2H3/b30-16-. The van der Waals surface area contributed by atoms with Crippen molar-refractivity contribution in [3.63, 3.8) is 0 Å². The summed E-state index contributed by atoms with van der Waals surface area (Å²) < 4.78 is 21.6. The summed E-state index contributed by atoms with van der Waals surface area (Å²) in [6, 6.07) is 24.1. The fourth-order valence-electron chi connectivity index (χ4n) is 4.06. The summed E-state index contributed by atoms with van der Waals surface area (Å²) in [6.45, 7) is 6.38. The maximum atomic E-state index is 11.3. The molecule has 0 radical (unpaired) electrons. The highest BCUT2D eigenvalue weighted by atomic mass is 16.6. The Morgan fingerprint density at radius 3 is 2.42 bits per heavy atom. The molecule has 3 aromatic rings. The zero-order chi connectivity index (χ0) is 26.6. The molecule has 1 aliphatic rings. The highest BCUT2D eigenvalue weighted by molar-refractivity contribution is 5.80. The lowest BCUT2D eigenvalue weighted by molar-refractivity contribution is -0.142. The lowest BCUT2D eigenvalue weighted by Crippen LogP contribution is -2.36. The van der Waals surface area contributed by atoms with E-state index >= 15 is 0 Å². The second-order valence-electron chi connectivity index (χ2n) is 8.85. The molecule has 3 aromatic carbocycles. The first kappa shape index (κ1) is 27.0. The molecule has 6 heteroatoms. The molecule has 0 aliphatic carbocycles. The van der Waals surface area contributed by atoms with E-state index in [1.54, 1.807) is 6.07 Å². The summed E-state index contributed by atoms with van der Waals surface area (Å²) in [5.74, 6) is 7.49. The third-order valence-corrected chi connectivity index (χ3v) is 6.18. The average molecular weight is 512 g/mol. The molecule has 0 N–H and O–H groups in total. The molecule has 0 bridgehead atoms. The first-order chi connectivity index (χ1) is 18.6. The number of ether oxygens (including phenoxy) is 4. The summed E-state index contributed by atoms with van der Waals surface area (Å²) in [5, 5.41) is 0. The topological polar surface area (TPSA) is 57.2 Å². The smallest absolute Gasteiger partial charge is 0.343 e. The molecule has 0 saturated carbocycles. The number of morpholine rings is 1. The average Bonchev–Trinajstić information content (AvgIpc) is 2.96. The predicted octanol–water partition coefficient (Wildman–Crippen LogP) is 4.74. The molecule has 1 saturated heterocycles. The minimum Gasteiger partial charge on any atom is -0.489 e. The molecular weight excluding hydrogens is 478 g/mol. The van der Waals surface area contributed by atoms with Crippen LogP contribution < -0.4 is 9.47 Å². The summed E-state index contributed by atoms with van der Waals surface area (Å²) in [7, 11) is 1.34. The molecule has 4 rings (SSSR count). The fourth-order valence-corrected chi connectivity index (χ4v) is 4.06. The number of nitrogens with zero attached hydrogens (tertiary/aromatic N) is 1. The number of carbonyl (C=O) groups excluding carboxylic acids is 1. The van der Waals surface area contributed by atoms with Crippen molar-refractivity contribution in [1.29, 1.82) is 0 Å². The van der Waals surface area contributed by atoms with Crippen LogP contribution in [0.5, 0.6) is 11.5 Å². The van der Waals surface area contributed by atoms with E-state index in [-0.39, 0.29) is 6.61 Å². The summed E-state index contributed by atoms with van der Waals surface area (Å²) >= 11 is 0. The fraction of sp³-hybridized carbons (Fsp3) is 0.281. The number of rotatable bonds is 9. The molecule has 0 amide bonds. The van der Waals surface area contributed by atoms with E-state index in [4.69, 9.17) is 14.2 Å². The van der Waals surface area contributed by atoms with Gasteiger partial charge in [0, 0.05) is 18.7 Å². The van der Waals surface area contributed by atoms with Crippen molar-refractivity contribution in [2.75, 3.05) is 53.2 Å². The van der Waals surface area contributed by atoms with Crippen LogP contribution >= 0.6 is 0 Å². The number of esters is 1. The molecule has 38 heavy (non-hydrogen) atoms. The van der Waals surface area contributed by atoms with Gasteiger partial charge in [-0.1, -0.05) is 54.3 Å². The van der Waals surface area contributed by atoms with Crippen molar-refractivity contribution < 1.29 is 23.7 Å². The Morgan fingerprint density at radius 1 is 0.974 bits per heavy atom. The van der Waals surface area contributed by atoms with Crippen molar-refractivity contribution in [1.82, 2.24) is 4.90 Å². The Hall–Kier alpha value is -4.05. The number of hydrogen-bond donors (Lipinski definition) is 0. The molecule has 1 aliphatic heterocycles. The van der Waals surface area contributed by atoms with Crippen LogP contribution in [0.2, 0.25) is 0 Å². The molecule has 0 unspecified atom stereocenters. The lowest BCUT2D eigenvalue weighted by Gasteiger charge is -2.24. The van der Waals surface area contributed by atoms with E-state index in [0.717, 1.165) is 66.4 Å². The van der Waals surface area contributed by atoms with Crippen LogP contribution in [0.25, 0.3) is 5.57 Å². The van der Waals surface area contributed by atoms with Crippen molar-refractivity contribution in [2.24, 2.45) is 0 Å².